The maximum absolute atomic E-state index is 12.6. The van der Waals surface area contributed by atoms with Crippen molar-refractivity contribution in [2.24, 2.45) is 0 Å². The predicted molar refractivity (Wildman–Crippen MR) is 98.3 cm³/mol. The van der Waals surface area contributed by atoms with Gasteiger partial charge in [-0.2, -0.15) is 0 Å². The van der Waals surface area contributed by atoms with Gasteiger partial charge in [-0.3, -0.25) is 4.79 Å². The van der Waals surface area contributed by atoms with Crippen LogP contribution in [0.1, 0.15) is 21.5 Å². The monoisotopic (exact) mass is 391 g/mol. The summed E-state index contributed by atoms with van der Waals surface area (Å²) in [5.74, 6) is -0.286. The van der Waals surface area contributed by atoms with E-state index >= 15 is 0 Å². The zero-order chi connectivity index (χ0) is 19.3. The quantitative estimate of drug-likeness (QED) is 0.725. The molecule has 1 aliphatic heterocycles. The third kappa shape index (κ3) is 4.85. The van der Waals surface area contributed by atoms with Gasteiger partial charge in [-0.25, -0.2) is 13.1 Å². The first-order chi connectivity index (χ1) is 13.0. The van der Waals surface area contributed by atoms with Crippen LogP contribution in [-0.4, -0.2) is 41.3 Å². The number of sulfonamides is 1. The fourth-order valence-corrected chi connectivity index (χ4v) is 3.73. The van der Waals surface area contributed by atoms with Gasteiger partial charge in [-0.05, 0) is 41.8 Å². The van der Waals surface area contributed by atoms with Crippen molar-refractivity contribution in [2.75, 3.05) is 26.9 Å². The molecular formula is C19H21NO6S. The molecule has 2 aromatic carbocycles. The SMILES string of the molecule is COCCOc1cccc(S(=O)(=O)NC(=O)c2ccc3c(c2)CCOC3)c1. The molecule has 0 bridgehead atoms. The fourth-order valence-electron chi connectivity index (χ4n) is 2.72. The Kier molecular flexibility index (Phi) is 6.10. The highest BCUT2D eigenvalue weighted by Crippen LogP contribution is 2.20. The maximum Gasteiger partial charge on any atom is 0.265 e. The normalized spacial score (nSPS) is 13.7. The zero-order valence-electron chi connectivity index (χ0n) is 14.9. The van der Waals surface area contributed by atoms with Gasteiger partial charge in [0.25, 0.3) is 15.9 Å². The summed E-state index contributed by atoms with van der Waals surface area (Å²) in [6.07, 6.45) is 0.698. The van der Waals surface area contributed by atoms with Gasteiger partial charge in [-0.1, -0.05) is 12.1 Å². The molecule has 0 saturated carbocycles. The van der Waals surface area contributed by atoms with Crippen LogP contribution in [0.15, 0.2) is 47.4 Å². The second-order valence-electron chi connectivity index (χ2n) is 6.04. The Balaban J connectivity index is 1.74. The molecule has 144 valence electrons. The molecule has 7 nitrogen and oxygen atoms in total. The molecule has 0 saturated heterocycles. The van der Waals surface area contributed by atoms with E-state index in [1.807, 2.05) is 0 Å². The fraction of sp³-hybridized carbons (Fsp3) is 0.316. The molecule has 27 heavy (non-hydrogen) atoms. The molecule has 1 amide bonds. The molecule has 1 heterocycles. The summed E-state index contributed by atoms with van der Waals surface area (Å²) in [4.78, 5) is 12.4. The van der Waals surface area contributed by atoms with E-state index < -0.39 is 15.9 Å². The maximum atomic E-state index is 12.6. The topological polar surface area (TPSA) is 90.9 Å². The second kappa shape index (κ2) is 8.51. The number of methoxy groups -OCH3 is 1. The summed E-state index contributed by atoms with van der Waals surface area (Å²) in [6.45, 7) is 1.78. The van der Waals surface area contributed by atoms with Crippen LogP contribution in [0.25, 0.3) is 0 Å². The lowest BCUT2D eigenvalue weighted by atomic mass is 10.0. The van der Waals surface area contributed by atoms with E-state index in [9.17, 15) is 13.2 Å². The lowest BCUT2D eigenvalue weighted by molar-refractivity contribution is 0.0978. The van der Waals surface area contributed by atoms with Crippen molar-refractivity contribution in [1.29, 1.82) is 0 Å². The molecule has 0 aromatic heterocycles. The Morgan fingerprint density at radius 3 is 2.81 bits per heavy atom. The Morgan fingerprint density at radius 2 is 2.00 bits per heavy atom. The lowest BCUT2D eigenvalue weighted by Crippen LogP contribution is -2.30. The van der Waals surface area contributed by atoms with Gasteiger partial charge in [0, 0.05) is 18.7 Å². The summed E-state index contributed by atoms with van der Waals surface area (Å²) in [5.41, 5.74) is 2.31. The number of carbonyl (C=O) groups is 1. The van der Waals surface area contributed by atoms with E-state index in [0.29, 0.717) is 44.2 Å². The van der Waals surface area contributed by atoms with Crippen molar-refractivity contribution >= 4 is 15.9 Å². The average molecular weight is 391 g/mol. The van der Waals surface area contributed by atoms with Gasteiger partial charge in [0.1, 0.15) is 12.4 Å². The molecule has 0 spiro atoms. The summed E-state index contributed by atoms with van der Waals surface area (Å²) >= 11 is 0. The van der Waals surface area contributed by atoms with Crippen molar-refractivity contribution in [1.82, 2.24) is 4.72 Å². The highest BCUT2D eigenvalue weighted by Gasteiger charge is 2.20. The van der Waals surface area contributed by atoms with E-state index in [1.165, 1.54) is 12.1 Å². The zero-order valence-corrected chi connectivity index (χ0v) is 15.8. The van der Waals surface area contributed by atoms with Crippen molar-refractivity contribution in [2.45, 2.75) is 17.9 Å². The van der Waals surface area contributed by atoms with E-state index in [-0.39, 0.29) is 4.90 Å². The molecular weight excluding hydrogens is 370 g/mol. The second-order valence-corrected chi connectivity index (χ2v) is 7.72. The largest absolute Gasteiger partial charge is 0.491 e. The first-order valence-electron chi connectivity index (χ1n) is 8.48. The molecule has 0 unspecified atom stereocenters. The van der Waals surface area contributed by atoms with Crippen molar-refractivity contribution in [3.8, 4) is 5.75 Å². The number of carbonyl (C=O) groups excluding carboxylic acids is 1. The Morgan fingerprint density at radius 1 is 1.15 bits per heavy atom. The van der Waals surface area contributed by atoms with Crippen LogP contribution < -0.4 is 9.46 Å². The molecule has 0 radical (unpaired) electrons. The highest BCUT2D eigenvalue weighted by atomic mass is 32.2. The number of ether oxygens (including phenoxy) is 3. The van der Waals surface area contributed by atoms with Gasteiger partial charge in [-0.15, -0.1) is 0 Å². The number of amides is 1. The number of rotatable bonds is 7. The molecule has 1 N–H and O–H groups in total. The molecule has 0 atom stereocenters. The minimum Gasteiger partial charge on any atom is -0.491 e. The number of fused-ring (bicyclic) bond motifs is 1. The standard InChI is InChI=1S/C19H21NO6S/c1-24-9-10-26-17-3-2-4-18(12-17)27(22,23)20-19(21)15-5-6-16-13-25-8-7-14(16)11-15/h2-6,11-12H,7-10,13H2,1H3,(H,20,21). The Hall–Kier alpha value is -2.42. The minimum absolute atomic E-state index is 0.0443. The average Bonchev–Trinajstić information content (AvgIpc) is 2.68. The first-order valence-corrected chi connectivity index (χ1v) is 9.96. The number of hydrogen-bond acceptors (Lipinski definition) is 6. The Bertz CT molecular complexity index is 926. The predicted octanol–water partition coefficient (Wildman–Crippen LogP) is 1.90. The minimum atomic E-state index is -4.02. The van der Waals surface area contributed by atoms with Gasteiger partial charge in [0.2, 0.25) is 0 Å². The van der Waals surface area contributed by atoms with Crippen LogP contribution in [0.3, 0.4) is 0 Å². The molecule has 0 fully saturated rings. The lowest BCUT2D eigenvalue weighted by Gasteiger charge is -2.17. The van der Waals surface area contributed by atoms with E-state index in [2.05, 4.69) is 4.72 Å². The van der Waals surface area contributed by atoms with Gasteiger partial charge >= 0.3 is 0 Å². The van der Waals surface area contributed by atoms with Gasteiger partial charge < -0.3 is 14.2 Å². The summed E-state index contributed by atoms with van der Waals surface area (Å²) in [5, 5.41) is 0. The third-order valence-electron chi connectivity index (χ3n) is 4.14. The molecule has 0 aliphatic carbocycles. The van der Waals surface area contributed by atoms with Crippen LogP contribution in [0, 0.1) is 0 Å². The summed E-state index contributed by atoms with van der Waals surface area (Å²) < 4.78 is 42.9. The number of hydrogen-bond donors (Lipinski definition) is 1. The number of nitrogens with one attached hydrogen (secondary N) is 1. The van der Waals surface area contributed by atoms with E-state index in [1.54, 1.807) is 37.4 Å². The van der Waals surface area contributed by atoms with Crippen LogP contribution in [0.4, 0.5) is 0 Å². The van der Waals surface area contributed by atoms with E-state index in [4.69, 9.17) is 14.2 Å². The van der Waals surface area contributed by atoms with E-state index in [0.717, 1.165) is 11.1 Å². The van der Waals surface area contributed by atoms with Crippen molar-refractivity contribution in [3.05, 3.63) is 59.2 Å². The van der Waals surface area contributed by atoms with Gasteiger partial charge in [0.15, 0.2) is 0 Å². The highest BCUT2D eigenvalue weighted by molar-refractivity contribution is 7.90. The third-order valence-corrected chi connectivity index (χ3v) is 5.47. The molecule has 1 aliphatic rings. The van der Waals surface area contributed by atoms with Crippen LogP contribution in [0.5, 0.6) is 5.75 Å². The van der Waals surface area contributed by atoms with Gasteiger partial charge in [0.05, 0.1) is 24.7 Å². The van der Waals surface area contributed by atoms with Crippen molar-refractivity contribution in [3.63, 3.8) is 0 Å². The smallest absolute Gasteiger partial charge is 0.265 e. The number of benzene rings is 2. The molecule has 3 rings (SSSR count). The van der Waals surface area contributed by atoms with Crippen LogP contribution in [0.2, 0.25) is 0 Å². The Labute approximate surface area is 158 Å². The van der Waals surface area contributed by atoms with Crippen LogP contribution in [-0.2, 0) is 32.5 Å². The first kappa shape index (κ1) is 19.3. The molecule has 2 aromatic rings. The molecule has 8 heteroatoms. The summed E-state index contributed by atoms with van der Waals surface area (Å²) in [6, 6.07) is 11.1. The van der Waals surface area contributed by atoms with Crippen LogP contribution >= 0.6 is 0 Å². The summed E-state index contributed by atoms with van der Waals surface area (Å²) in [7, 11) is -2.47. The van der Waals surface area contributed by atoms with Crippen molar-refractivity contribution < 1.29 is 27.4 Å².